The predicted octanol–water partition coefficient (Wildman–Crippen LogP) is 14.2. The molecule has 0 aromatic heterocycles. The van der Waals surface area contributed by atoms with Gasteiger partial charge in [0.25, 0.3) is 0 Å². The Morgan fingerprint density at radius 1 is 0.549 bits per heavy atom. The first-order valence-electron chi connectivity index (χ1n) is 30.1. The predicted molar refractivity (Wildman–Crippen MR) is 292 cm³/mol. The van der Waals surface area contributed by atoms with Gasteiger partial charge in [0.2, 0.25) is 5.91 Å². The van der Waals surface area contributed by atoms with Crippen molar-refractivity contribution in [1.82, 2.24) is 5.32 Å². The molecule has 13 heteroatoms. The highest BCUT2D eigenvalue weighted by Gasteiger charge is 2.48. The van der Waals surface area contributed by atoms with E-state index in [0.717, 1.165) is 51.4 Å². The first kappa shape index (κ1) is 67.9. The quantitative estimate of drug-likeness (QED) is 0.0193. The van der Waals surface area contributed by atoms with Gasteiger partial charge in [0.1, 0.15) is 24.4 Å². The summed E-state index contributed by atoms with van der Waals surface area (Å²) in [6, 6.07) is -0.856. The minimum atomic E-state index is -5.08. The number of amides is 1. The van der Waals surface area contributed by atoms with Crippen LogP contribution in [0, 0.1) is 0 Å². The van der Waals surface area contributed by atoms with Gasteiger partial charge >= 0.3 is 10.4 Å². The van der Waals surface area contributed by atoms with Crippen molar-refractivity contribution in [3.63, 3.8) is 0 Å². The molecule has 0 aliphatic carbocycles. The van der Waals surface area contributed by atoms with Gasteiger partial charge in [-0.15, -0.1) is 0 Å². The Morgan fingerprint density at radius 2 is 0.901 bits per heavy atom. The van der Waals surface area contributed by atoms with E-state index in [-0.39, 0.29) is 12.5 Å². The molecule has 7 unspecified atom stereocenters. The summed E-state index contributed by atoms with van der Waals surface area (Å²) >= 11 is 0. The zero-order valence-corrected chi connectivity index (χ0v) is 46.6. The number of hydrogen-bond donors (Lipinski definition) is 6. The minimum Gasteiger partial charge on any atom is -0.394 e. The van der Waals surface area contributed by atoms with E-state index in [0.29, 0.717) is 12.8 Å². The van der Waals surface area contributed by atoms with E-state index in [1.807, 2.05) is 0 Å². The topological polar surface area (TPSA) is 192 Å². The Morgan fingerprint density at radius 3 is 1.27 bits per heavy atom. The van der Waals surface area contributed by atoms with Gasteiger partial charge in [-0.05, 0) is 38.5 Å². The Balaban J connectivity index is 2.28. The lowest BCUT2D eigenvalue weighted by Crippen LogP contribution is -2.61. The van der Waals surface area contributed by atoms with Crippen LogP contribution in [0.1, 0.15) is 296 Å². The lowest BCUT2D eigenvalue weighted by molar-refractivity contribution is -0.298. The van der Waals surface area contributed by atoms with Gasteiger partial charge in [0.15, 0.2) is 6.29 Å². The maximum Gasteiger partial charge on any atom is 0.397 e. The fourth-order valence-corrected chi connectivity index (χ4v) is 10.4. The normalized spacial score (nSPS) is 19.5. The number of unbranched alkanes of at least 4 members (excludes halogenated alkanes) is 39. The molecule has 0 bridgehead atoms. The number of rotatable bonds is 53. The van der Waals surface area contributed by atoms with Crippen molar-refractivity contribution in [1.29, 1.82) is 0 Å². The molecule has 1 fully saturated rings. The summed E-state index contributed by atoms with van der Waals surface area (Å²) < 4.78 is 47.9. The molecule has 0 saturated carbocycles. The van der Waals surface area contributed by atoms with Crippen LogP contribution in [0.4, 0.5) is 0 Å². The van der Waals surface area contributed by atoms with Crippen LogP contribution < -0.4 is 5.32 Å². The molecule has 1 aliphatic rings. The van der Waals surface area contributed by atoms with E-state index >= 15 is 0 Å². The maximum atomic E-state index is 13.2. The Hall–Kier alpha value is -1.16. The molecule has 0 radical (unpaired) electrons. The maximum absolute atomic E-state index is 13.2. The van der Waals surface area contributed by atoms with Crippen LogP contribution in [0.5, 0.6) is 0 Å². The molecule has 0 spiro atoms. The standard InChI is InChI=1S/C58H113NO11S/c1-3-5-7-9-11-13-15-17-19-21-22-23-24-25-26-27-28-29-30-31-32-34-36-38-40-42-44-46-48-54(62)59-51(50-68-58-56(64)57(70-71(65,66)67)55(63)53(49-60)69-58)52(61)47-45-43-41-39-37-35-33-20-18-16-14-12-10-8-6-4-2/h25-26,51-53,55-58,60-61,63-64H,3-24,27-50H2,1-2H3,(H,59,62)(H,65,66,67)/b26-25-. The summed E-state index contributed by atoms with van der Waals surface area (Å²) in [6.45, 7) is 3.50. The summed E-state index contributed by atoms with van der Waals surface area (Å²) in [5.41, 5.74) is 0. The van der Waals surface area contributed by atoms with Crippen LogP contribution in [0.3, 0.4) is 0 Å². The fourth-order valence-electron chi connectivity index (χ4n) is 9.93. The molecule has 422 valence electrons. The van der Waals surface area contributed by atoms with Crippen molar-refractivity contribution in [2.75, 3.05) is 13.2 Å². The summed E-state index contributed by atoms with van der Waals surface area (Å²) in [6.07, 6.45) is 49.4. The third-order valence-electron chi connectivity index (χ3n) is 14.6. The van der Waals surface area contributed by atoms with Gasteiger partial charge in [-0.1, -0.05) is 264 Å². The first-order chi connectivity index (χ1) is 34.5. The van der Waals surface area contributed by atoms with Crippen molar-refractivity contribution in [3.05, 3.63) is 12.2 Å². The molecular weight excluding hydrogens is 919 g/mol. The van der Waals surface area contributed by atoms with Gasteiger partial charge in [0, 0.05) is 6.42 Å². The molecule has 71 heavy (non-hydrogen) atoms. The number of allylic oxidation sites excluding steroid dienone is 2. The zero-order chi connectivity index (χ0) is 51.9. The fraction of sp³-hybridized carbons (Fsp3) is 0.948. The van der Waals surface area contributed by atoms with Gasteiger partial charge in [-0.25, -0.2) is 4.18 Å². The molecule has 1 rings (SSSR count). The molecule has 12 nitrogen and oxygen atoms in total. The summed E-state index contributed by atoms with van der Waals surface area (Å²) in [4.78, 5) is 13.2. The van der Waals surface area contributed by atoms with E-state index < -0.39 is 59.9 Å². The van der Waals surface area contributed by atoms with Crippen molar-refractivity contribution in [2.24, 2.45) is 0 Å². The van der Waals surface area contributed by atoms with E-state index in [1.54, 1.807) is 0 Å². The Labute approximate surface area is 436 Å². The molecule has 1 saturated heterocycles. The molecule has 7 atom stereocenters. The number of carbonyl (C=O) groups is 1. The van der Waals surface area contributed by atoms with Crippen molar-refractivity contribution in [2.45, 2.75) is 339 Å². The minimum absolute atomic E-state index is 0.225. The zero-order valence-electron chi connectivity index (χ0n) is 45.8. The highest BCUT2D eigenvalue weighted by Crippen LogP contribution is 2.26. The average Bonchev–Trinajstić information content (AvgIpc) is 3.34. The second-order valence-electron chi connectivity index (χ2n) is 21.3. The number of aliphatic hydroxyl groups excluding tert-OH is 4. The summed E-state index contributed by atoms with van der Waals surface area (Å²) in [5, 5.41) is 45.1. The second-order valence-corrected chi connectivity index (χ2v) is 22.3. The van der Waals surface area contributed by atoms with Crippen molar-refractivity contribution < 1.29 is 51.8 Å². The number of nitrogens with one attached hydrogen (secondary N) is 1. The highest BCUT2D eigenvalue weighted by atomic mass is 32.3. The number of aliphatic hydroxyl groups is 4. The van der Waals surface area contributed by atoms with Crippen molar-refractivity contribution in [3.8, 4) is 0 Å². The molecular formula is C58H113NO11S. The third kappa shape index (κ3) is 40.8. The van der Waals surface area contributed by atoms with Gasteiger partial charge < -0.3 is 35.2 Å². The third-order valence-corrected chi connectivity index (χ3v) is 15.0. The lowest BCUT2D eigenvalue weighted by atomic mass is 9.99. The SMILES string of the molecule is CCCCCCCCCCCCCC/C=C\CCCCCCCCCCCCCCC(=O)NC(COC1OC(CO)C(O)C(OS(=O)(=O)O)C1O)C(O)CCCCCCCCCCCCCCCCCC. The number of carbonyl (C=O) groups excluding carboxylic acids is 1. The van der Waals surface area contributed by atoms with Gasteiger partial charge in [-0.3, -0.25) is 9.35 Å². The summed E-state index contributed by atoms with van der Waals surface area (Å²) in [5.74, 6) is -0.225. The van der Waals surface area contributed by atoms with E-state index in [9.17, 15) is 38.2 Å². The molecule has 1 amide bonds. The molecule has 0 aromatic rings. The second kappa shape index (κ2) is 48.5. The number of hydrogen-bond acceptors (Lipinski definition) is 10. The van der Waals surface area contributed by atoms with Crippen LogP contribution >= 0.6 is 0 Å². The van der Waals surface area contributed by atoms with Gasteiger partial charge in [-0.2, -0.15) is 8.42 Å². The van der Waals surface area contributed by atoms with Crippen molar-refractivity contribution >= 4 is 16.3 Å². The van der Waals surface area contributed by atoms with Crippen LogP contribution in [0.25, 0.3) is 0 Å². The van der Waals surface area contributed by atoms with Crippen LogP contribution in [0.15, 0.2) is 12.2 Å². The largest absolute Gasteiger partial charge is 0.397 e. The molecule has 1 aliphatic heterocycles. The van der Waals surface area contributed by atoms with Crippen LogP contribution in [-0.4, -0.2) is 95.4 Å². The van der Waals surface area contributed by atoms with E-state index in [4.69, 9.17) is 9.47 Å². The van der Waals surface area contributed by atoms with Gasteiger partial charge in [0.05, 0.1) is 25.4 Å². The number of ether oxygens (including phenoxy) is 2. The Bertz CT molecular complexity index is 1310. The van der Waals surface area contributed by atoms with E-state index in [1.165, 1.54) is 218 Å². The lowest BCUT2D eigenvalue weighted by Gasteiger charge is -2.41. The highest BCUT2D eigenvalue weighted by molar-refractivity contribution is 7.80. The monoisotopic (exact) mass is 1030 g/mol. The summed E-state index contributed by atoms with van der Waals surface area (Å²) in [7, 11) is -5.08. The average molecular weight is 1030 g/mol. The first-order valence-corrected chi connectivity index (χ1v) is 31.4. The molecule has 6 N–H and O–H groups in total. The van der Waals surface area contributed by atoms with Crippen LogP contribution in [-0.2, 0) is 28.9 Å². The Kier molecular flexibility index (Phi) is 46.3. The van der Waals surface area contributed by atoms with Crippen LogP contribution in [0.2, 0.25) is 0 Å². The molecule has 0 aromatic carbocycles. The molecule has 1 heterocycles. The smallest absolute Gasteiger partial charge is 0.394 e. The van der Waals surface area contributed by atoms with E-state index in [2.05, 4.69) is 35.5 Å².